The lowest BCUT2D eigenvalue weighted by atomic mass is 10.1. The third-order valence-electron chi connectivity index (χ3n) is 2.50. The summed E-state index contributed by atoms with van der Waals surface area (Å²) in [6.07, 6.45) is 0. The number of hydrogen-bond donors (Lipinski definition) is 1. The van der Waals surface area contributed by atoms with Crippen LogP contribution in [-0.4, -0.2) is 24.4 Å². The van der Waals surface area contributed by atoms with Gasteiger partial charge < -0.3 is 19.7 Å². The van der Waals surface area contributed by atoms with Gasteiger partial charge in [-0.3, -0.25) is 0 Å². The molecule has 19 heavy (non-hydrogen) atoms. The van der Waals surface area contributed by atoms with E-state index in [-0.39, 0.29) is 6.54 Å². The van der Waals surface area contributed by atoms with E-state index in [4.69, 9.17) is 25.0 Å². The van der Waals surface area contributed by atoms with Gasteiger partial charge >= 0.3 is 0 Å². The van der Waals surface area contributed by atoms with Gasteiger partial charge in [-0.15, -0.1) is 0 Å². The SMILES string of the molecule is COc1cc(-c2noc(CN)n2)cc(C#N)c1OC. The topological polar surface area (TPSA) is 107 Å². The van der Waals surface area contributed by atoms with E-state index in [1.807, 2.05) is 6.07 Å². The van der Waals surface area contributed by atoms with Crippen LogP contribution in [0, 0.1) is 11.3 Å². The Kier molecular flexibility index (Phi) is 3.63. The number of methoxy groups -OCH3 is 2. The van der Waals surface area contributed by atoms with Crippen molar-refractivity contribution in [2.75, 3.05) is 14.2 Å². The molecule has 0 saturated carbocycles. The minimum absolute atomic E-state index is 0.158. The van der Waals surface area contributed by atoms with Gasteiger partial charge in [0.25, 0.3) is 0 Å². The second-order valence-corrected chi connectivity index (χ2v) is 3.59. The molecule has 98 valence electrons. The third-order valence-corrected chi connectivity index (χ3v) is 2.50. The van der Waals surface area contributed by atoms with Gasteiger partial charge in [-0.05, 0) is 12.1 Å². The van der Waals surface area contributed by atoms with Gasteiger partial charge in [0.1, 0.15) is 6.07 Å². The first-order valence-corrected chi connectivity index (χ1v) is 5.42. The molecule has 0 fully saturated rings. The summed E-state index contributed by atoms with van der Waals surface area (Å²) in [6, 6.07) is 5.31. The Bertz CT molecular complexity index is 630. The molecule has 0 amide bonds. The summed E-state index contributed by atoms with van der Waals surface area (Å²) in [5, 5.41) is 12.9. The highest BCUT2D eigenvalue weighted by Crippen LogP contribution is 2.35. The van der Waals surface area contributed by atoms with Crippen LogP contribution in [0.4, 0.5) is 0 Å². The second-order valence-electron chi connectivity index (χ2n) is 3.59. The molecule has 0 aliphatic carbocycles. The van der Waals surface area contributed by atoms with E-state index in [2.05, 4.69) is 10.1 Å². The number of ether oxygens (including phenoxy) is 2. The minimum atomic E-state index is 0.158. The number of nitriles is 1. The Balaban J connectivity index is 2.56. The molecule has 7 nitrogen and oxygen atoms in total. The summed E-state index contributed by atoms with van der Waals surface area (Å²) in [5.74, 6) is 1.47. The molecule has 1 aromatic carbocycles. The average Bonchev–Trinajstić information content (AvgIpc) is 2.94. The molecule has 0 aliphatic rings. The van der Waals surface area contributed by atoms with Crippen molar-refractivity contribution < 1.29 is 14.0 Å². The van der Waals surface area contributed by atoms with E-state index in [9.17, 15) is 0 Å². The highest BCUT2D eigenvalue weighted by Gasteiger charge is 2.16. The molecular formula is C12H12N4O3. The van der Waals surface area contributed by atoms with Crippen molar-refractivity contribution in [1.29, 1.82) is 5.26 Å². The van der Waals surface area contributed by atoms with Crippen molar-refractivity contribution in [3.05, 3.63) is 23.6 Å². The van der Waals surface area contributed by atoms with Crippen LogP contribution < -0.4 is 15.2 Å². The summed E-state index contributed by atoms with van der Waals surface area (Å²) in [6.45, 7) is 0.158. The molecule has 0 bridgehead atoms. The normalized spacial score (nSPS) is 10.0. The highest BCUT2D eigenvalue weighted by atomic mass is 16.5. The molecule has 2 N–H and O–H groups in total. The molecule has 1 heterocycles. The highest BCUT2D eigenvalue weighted by molar-refractivity contribution is 5.66. The minimum Gasteiger partial charge on any atom is -0.493 e. The Morgan fingerprint density at radius 2 is 2.16 bits per heavy atom. The number of aromatic nitrogens is 2. The fourth-order valence-corrected chi connectivity index (χ4v) is 1.63. The van der Waals surface area contributed by atoms with E-state index in [0.717, 1.165) is 0 Å². The predicted molar refractivity (Wildman–Crippen MR) is 65.4 cm³/mol. The lowest BCUT2D eigenvalue weighted by Crippen LogP contribution is -1.97. The number of nitrogens with two attached hydrogens (primary N) is 1. The largest absolute Gasteiger partial charge is 0.493 e. The van der Waals surface area contributed by atoms with Crippen molar-refractivity contribution in [2.45, 2.75) is 6.54 Å². The van der Waals surface area contributed by atoms with Gasteiger partial charge in [-0.25, -0.2) is 0 Å². The Morgan fingerprint density at radius 3 is 2.68 bits per heavy atom. The molecule has 1 aromatic heterocycles. The molecule has 2 rings (SSSR count). The number of rotatable bonds is 4. The van der Waals surface area contributed by atoms with Crippen molar-refractivity contribution in [3.8, 4) is 29.0 Å². The molecule has 0 atom stereocenters. The fourth-order valence-electron chi connectivity index (χ4n) is 1.63. The van der Waals surface area contributed by atoms with Crippen LogP contribution in [0.1, 0.15) is 11.5 Å². The molecular weight excluding hydrogens is 248 g/mol. The van der Waals surface area contributed by atoms with Gasteiger partial charge in [-0.1, -0.05) is 5.16 Å². The number of nitrogens with zero attached hydrogens (tertiary/aromatic N) is 3. The Morgan fingerprint density at radius 1 is 1.37 bits per heavy atom. The van der Waals surface area contributed by atoms with Crippen LogP contribution >= 0.6 is 0 Å². The van der Waals surface area contributed by atoms with Crippen LogP contribution in [0.3, 0.4) is 0 Å². The number of hydrogen-bond acceptors (Lipinski definition) is 7. The van der Waals surface area contributed by atoms with Crippen LogP contribution in [0.25, 0.3) is 11.4 Å². The molecule has 0 aliphatic heterocycles. The summed E-state index contributed by atoms with van der Waals surface area (Å²) in [4.78, 5) is 4.10. The summed E-state index contributed by atoms with van der Waals surface area (Å²) >= 11 is 0. The van der Waals surface area contributed by atoms with E-state index in [1.54, 1.807) is 12.1 Å². The zero-order valence-corrected chi connectivity index (χ0v) is 10.5. The van der Waals surface area contributed by atoms with Crippen LogP contribution in [-0.2, 0) is 6.54 Å². The van der Waals surface area contributed by atoms with Gasteiger partial charge in [0.05, 0.1) is 26.3 Å². The lowest BCUT2D eigenvalue weighted by Gasteiger charge is -2.09. The van der Waals surface area contributed by atoms with E-state index in [0.29, 0.717) is 34.3 Å². The maximum absolute atomic E-state index is 9.12. The predicted octanol–water partition coefficient (Wildman–Crippen LogP) is 1.08. The van der Waals surface area contributed by atoms with Crippen LogP contribution in [0.2, 0.25) is 0 Å². The van der Waals surface area contributed by atoms with Crippen LogP contribution in [0.5, 0.6) is 11.5 Å². The smallest absolute Gasteiger partial charge is 0.240 e. The first kappa shape index (κ1) is 12.9. The van der Waals surface area contributed by atoms with Gasteiger partial charge in [0, 0.05) is 5.56 Å². The van der Waals surface area contributed by atoms with E-state index >= 15 is 0 Å². The molecule has 0 unspecified atom stereocenters. The second kappa shape index (κ2) is 5.37. The molecule has 7 heteroatoms. The zero-order valence-electron chi connectivity index (χ0n) is 10.5. The third kappa shape index (κ3) is 2.34. The van der Waals surface area contributed by atoms with Crippen molar-refractivity contribution in [1.82, 2.24) is 10.1 Å². The standard InChI is InChI=1S/C12H12N4O3/c1-17-9-4-7(3-8(5-13)11(9)18-2)12-15-10(6-14)19-16-12/h3-4H,6,14H2,1-2H3. The van der Waals surface area contributed by atoms with Crippen molar-refractivity contribution in [3.63, 3.8) is 0 Å². The monoisotopic (exact) mass is 260 g/mol. The van der Waals surface area contributed by atoms with Crippen molar-refractivity contribution >= 4 is 0 Å². The van der Waals surface area contributed by atoms with E-state index in [1.165, 1.54) is 14.2 Å². The van der Waals surface area contributed by atoms with Crippen LogP contribution in [0.15, 0.2) is 16.7 Å². The van der Waals surface area contributed by atoms with Gasteiger partial charge in [-0.2, -0.15) is 10.2 Å². The Hall–Kier alpha value is -2.59. The average molecular weight is 260 g/mol. The zero-order chi connectivity index (χ0) is 13.8. The van der Waals surface area contributed by atoms with Crippen molar-refractivity contribution in [2.24, 2.45) is 5.73 Å². The van der Waals surface area contributed by atoms with E-state index < -0.39 is 0 Å². The summed E-state index contributed by atoms with van der Waals surface area (Å²) in [7, 11) is 2.96. The Labute approximate surface area is 109 Å². The summed E-state index contributed by atoms with van der Waals surface area (Å²) in [5.41, 5.74) is 6.33. The lowest BCUT2D eigenvalue weighted by molar-refractivity contribution is 0.354. The number of benzene rings is 1. The van der Waals surface area contributed by atoms with Gasteiger partial charge in [0.2, 0.25) is 11.7 Å². The first-order valence-electron chi connectivity index (χ1n) is 5.42. The van der Waals surface area contributed by atoms with Gasteiger partial charge in [0.15, 0.2) is 11.5 Å². The molecule has 0 radical (unpaired) electrons. The molecule has 2 aromatic rings. The maximum Gasteiger partial charge on any atom is 0.240 e. The molecule has 0 spiro atoms. The maximum atomic E-state index is 9.12. The quantitative estimate of drug-likeness (QED) is 0.876. The first-order chi connectivity index (χ1) is 9.23. The summed E-state index contributed by atoms with van der Waals surface area (Å²) < 4.78 is 15.3. The fraction of sp³-hybridized carbons (Fsp3) is 0.250. The molecule has 0 saturated heterocycles.